The van der Waals surface area contributed by atoms with Gasteiger partial charge in [0, 0.05) is 25.4 Å². The SMILES string of the molecule is CCc1ncc2c(n1)CN(c1ncccc1C(F)(F)F)CC2. The Morgan fingerprint density at radius 1 is 1.27 bits per heavy atom. The van der Waals surface area contributed by atoms with Crippen LogP contribution in [0.25, 0.3) is 0 Å². The molecule has 0 atom stereocenters. The highest BCUT2D eigenvalue weighted by atomic mass is 19.4. The van der Waals surface area contributed by atoms with Crippen molar-refractivity contribution in [1.29, 1.82) is 0 Å². The molecule has 2 aromatic heterocycles. The van der Waals surface area contributed by atoms with E-state index in [-0.39, 0.29) is 5.82 Å². The van der Waals surface area contributed by atoms with E-state index in [9.17, 15) is 13.2 Å². The van der Waals surface area contributed by atoms with Gasteiger partial charge >= 0.3 is 6.18 Å². The molecule has 0 saturated carbocycles. The van der Waals surface area contributed by atoms with Crippen molar-refractivity contribution in [3.8, 4) is 0 Å². The third kappa shape index (κ3) is 2.75. The number of alkyl halides is 3. The molecule has 0 aromatic carbocycles. The lowest BCUT2D eigenvalue weighted by molar-refractivity contribution is -0.137. The number of rotatable bonds is 2. The van der Waals surface area contributed by atoms with Crippen molar-refractivity contribution >= 4 is 5.82 Å². The zero-order valence-corrected chi connectivity index (χ0v) is 12.1. The van der Waals surface area contributed by atoms with Crippen molar-refractivity contribution in [2.24, 2.45) is 0 Å². The molecule has 1 aliphatic rings. The molecule has 0 amide bonds. The van der Waals surface area contributed by atoms with E-state index >= 15 is 0 Å². The summed E-state index contributed by atoms with van der Waals surface area (Å²) >= 11 is 0. The third-order valence-corrected chi connectivity index (χ3v) is 3.70. The fraction of sp³-hybridized carbons (Fsp3) is 0.400. The first-order valence-corrected chi connectivity index (χ1v) is 7.10. The maximum atomic E-state index is 13.1. The number of fused-ring (bicyclic) bond motifs is 1. The molecule has 2 aromatic rings. The fourth-order valence-electron chi connectivity index (χ4n) is 2.57. The van der Waals surface area contributed by atoms with Crippen LogP contribution in [0.5, 0.6) is 0 Å². The highest BCUT2D eigenvalue weighted by Crippen LogP contribution is 2.36. The molecule has 116 valence electrons. The highest BCUT2D eigenvalue weighted by Gasteiger charge is 2.36. The van der Waals surface area contributed by atoms with Crippen LogP contribution in [0.4, 0.5) is 19.0 Å². The molecule has 4 nitrogen and oxygen atoms in total. The summed E-state index contributed by atoms with van der Waals surface area (Å²) in [7, 11) is 0. The second-order valence-corrected chi connectivity index (χ2v) is 5.16. The fourth-order valence-corrected chi connectivity index (χ4v) is 2.57. The first kappa shape index (κ1) is 14.7. The van der Waals surface area contributed by atoms with E-state index in [1.807, 2.05) is 6.92 Å². The second-order valence-electron chi connectivity index (χ2n) is 5.16. The van der Waals surface area contributed by atoms with Crippen LogP contribution in [0.3, 0.4) is 0 Å². The van der Waals surface area contributed by atoms with Crippen LogP contribution in [0, 0.1) is 0 Å². The van der Waals surface area contributed by atoms with E-state index in [4.69, 9.17) is 0 Å². The Morgan fingerprint density at radius 3 is 2.82 bits per heavy atom. The monoisotopic (exact) mass is 308 g/mol. The average Bonchev–Trinajstić information content (AvgIpc) is 2.53. The largest absolute Gasteiger partial charge is 0.419 e. The van der Waals surface area contributed by atoms with Gasteiger partial charge in [-0.05, 0) is 24.1 Å². The van der Waals surface area contributed by atoms with Gasteiger partial charge in [-0.1, -0.05) is 6.92 Å². The maximum Gasteiger partial charge on any atom is 0.419 e. The molecule has 0 spiro atoms. The number of halogens is 3. The summed E-state index contributed by atoms with van der Waals surface area (Å²) < 4.78 is 39.4. The van der Waals surface area contributed by atoms with Crippen molar-refractivity contribution < 1.29 is 13.2 Å². The molecule has 7 heteroatoms. The van der Waals surface area contributed by atoms with Gasteiger partial charge in [0.15, 0.2) is 0 Å². The van der Waals surface area contributed by atoms with E-state index in [0.717, 1.165) is 17.3 Å². The smallest absolute Gasteiger partial charge is 0.350 e. The lowest BCUT2D eigenvalue weighted by Crippen LogP contribution is -2.33. The molecule has 0 bridgehead atoms. The van der Waals surface area contributed by atoms with E-state index in [0.29, 0.717) is 31.8 Å². The summed E-state index contributed by atoms with van der Waals surface area (Å²) in [4.78, 5) is 14.3. The summed E-state index contributed by atoms with van der Waals surface area (Å²) in [6.07, 6.45) is 0.0706. The van der Waals surface area contributed by atoms with Gasteiger partial charge in [-0.15, -0.1) is 0 Å². The summed E-state index contributed by atoms with van der Waals surface area (Å²) in [5.41, 5.74) is 1.08. The Bertz CT molecular complexity index is 685. The predicted molar refractivity (Wildman–Crippen MR) is 75.4 cm³/mol. The van der Waals surface area contributed by atoms with Crippen LogP contribution in [-0.2, 0) is 25.6 Å². The van der Waals surface area contributed by atoms with Gasteiger partial charge in [-0.25, -0.2) is 15.0 Å². The van der Waals surface area contributed by atoms with Gasteiger partial charge in [0.1, 0.15) is 11.6 Å². The number of anilines is 1. The molecule has 22 heavy (non-hydrogen) atoms. The molecule has 0 aliphatic carbocycles. The van der Waals surface area contributed by atoms with E-state index in [1.54, 1.807) is 11.1 Å². The standard InChI is InChI=1S/C15H15F3N4/c1-2-13-20-8-10-5-7-22(9-12(10)21-13)14-11(15(16,17)18)4-3-6-19-14/h3-4,6,8H,2,5,7,9H2,1H3. The Hall–Kier alpha value is -2.18. The molecular weight excluding hydrogens is 293 g/mol. The zero-order valence-electron chi connectivity index (χ0n) is 12.1. The summed E-state index contributed by atoms with van der Waals surface area (Å²) in [6, 6.07) is 2.37. The minimum absolute atomic E-state index is 0.0303. The summed E-state index contributed by atoms with van der Waals surface area (Å²) in [5.74, 6) is 0.676. The van der Waals surface area contributed by atoms with Crippen molar-refractivity contribution in [3.05, 3.63) is 47.2 Å². The number of aromatic nitrogens is 3. The van der Waals surface area contributed by atoms with Crippen LogP contribution < -0.4 is 4.90 Å². The lowest BCUT2D eigenvalue weighted by atomic mass is 10.1. The summed E-state index contributed by atoms with van der Waals surface area (Å²) in [5, 5.41) is 0. The Balaban J connectivity index is 1.95. The summed E-state index contributed by atoms with van der Waals surface area (Å²) in [6.45, 7) is 2.75. The molecular formula is C15H15F3N4. The molecule has 0 saturated heterocycles. The van der Waals surface area contributed by atoms with Gasteiger partial charge in [-0.3, -0.25) is 0 Å². The van der Waals surface area contributed by atoms with Gasteiger partial charge in [0.05, 0.1) is 17.8 Å². The molecule has 3 rings (SSSR count). The van der Waals surface area contributed by atoms with Crippen LogP contribution in [0.1, 0.15) is 29.6 Å². The molecule has 1 aliphatic heterocycles. The van der Waals surface area contributed by atoms with Crippen LogP contribution in [0.2, 0.25) is 0 Å². The number of aryl methyl sites for hydroxylation is 1. The molecule has 0 radical (unpaired) electrons. The van der Waals surface area contributed by atoms with Crippen LogP contribution >= 0.6 is 0 Å². The molecule has 0 unspecified atom stereocenters. The number of hydrogen-bond acceptors (Lipinski definition) is 4. The predicted octanol–water partition coefficient (Wildman–Crippen LogP) is 3.02. The van der Waals surface area contributed by atoms with Crippen molar-refractivity contribution in [1.82, 2.24) is 15.0 Å². The second kappa shape index (κ2) is 5.55. The minimum Gasteiger partial charge on any atom is -0.350 e. The first-order valence-electron chi connectivity index (χ1n) is 7.10. The lowest BCUT2D eigenvalue weighted by Gasteiger charge is -2.30. The highest BCUT2D eigenvalue weighted by molar-refractivity contribution is 5.50. The van der Waals surface area contributed by atoms with Gasteiger partial charge < -0.3 is 4.90 Å². The van der Waals surface area contributed by atoms with E-state index in [1.165, 1.54) is 12.3 Å². The number of nitrogens with zero attached hydrogens (tertiary/aromatic N) is 4. The topological polar surface area (TPSA) is 41.9 Å². The maximum absolute atomic E-state index is 13.1. The van der Waals surface area contributed by atoms with Crippen molar-refractivity contribution in [2.45, 2.75) is 32.5 Å². The van der Waals surface area contributed by atoms with Crippen molar-refractivity contribution in [2.75, 3.05) is 11.4 Å². The first-order chi connectivity index (χ1) is 10.5. The van der Waals surface area contributed by atoms with Crippen molar-refractivity contribution in [3.63, 3.8) is 0 Å². The number of hydrogen-bond donors (Lipinski definition) is 0. The zero-order chi connectivity index (χ0) is 15.7. The van der Waals surface area contributed by atoms with E-state index < -0.39 is 11.7 Å². The Labute approximate surface area is 126 Å². The molecule has 0 fully saturated rings. The third-order valence-electron chi connectivity index (χ3n) is 3.70. The normalized spacial score (nSPS) is 14.8. The average molecular weight is 308 g/mol. The number of pyridine rings is 1. The minimum atomic E-state index is -4.41. The van der Waals surface area contributed by atoms with Gasteiger partial charge in [0.2, 0.25) is 0 Å². The van der Waals surface area contributed by atoms with Gasteiger partial charge in [0.25, 0.3) is 0 Å². The van der Waals surface area contributed by atoms with E-state index in [2.05, 4.69) is 15.0 Å². The van der Waals surface area contributed by atoms with Crippen LogP contribution in [0.15, 0.2) is 24.5 Å². The Morgan fingerprint density at radius 2 is 2.09 bits per heavy atom. The van der Waals surface area contributed by atoms with Crippen LogP contribution in [-0.4, -0.2) is 21.5 Å². The Kier molecular flexibility index (Phi) is 3.72. The molecule has 0 N–H and O–H groups in total. The quantitative estimate of drug-likeness (QED) is 0.855. The molecule has 3 heterocycles. The van der Waals surface area contributed by atoms with Gasteiger partial charge in [-0.2, -0.15) is 13.2 Å².